The molecule has 1 atom stereocenters. The topological polar surface area (TPSA) is 83.6 Å². The molecule has 0 saturated carbocycles. The number of hydrogen-bond acceptors (Lipinski definition) is 4. The van der Waals surface area contributed by atoms with Gasteiger partial charge < -0.3 is 20.3 Å². The highest BCUT2D eigenvalue weighted by Gasteiger charge is 2.35. The van der Waals surface area contributed by atoms with Crippen LogP contribution in [0.1, 0.15) is 19.5 Å². The van der Waals surface area contributed by atoms with Crippen LogP contribution in [-0.2, 0) is 11.4 Å². The normalized spacial score (nSPS) is 16.8. The Kier molecular flexibility index (Phi) is 5.90. The first kappa shape index (κ1) is 18.7. The summed E-state index contributed by atoms with van der Waals surface area (Å²) in [5.41, 5.74) is 1.36. The third-order valence-corrected chi connectivity index (χ3v) is 4.38. The van der Waals surface area contributed by atoms with Crippen molar-refractivity contribution in [1.29, 1.82) is 0 Å². The van der Waals surface area contributed by atoms with E-state index in [0.717, 1.165) is 5.69 Å². The first-order valence-electron chi connectivity index (χ1n) is 9.03. The van der Waals surface area contributed by atoms with Crippen LogP contribution >= 0.6 is 0 Å². The lowest BCUT2D eigenvalue weighted by molar-refractivity contribution is -0.129. The number of amides is 3. The number of nitrogens with one attached hydrogen (secondary N) is 2. The van der Waals surface area contributed by atoms with Gasteiger partial charge in [-0.05, 0) is 30.2 Å². The van der Waals surface area contributed by atoms with Crippen LogP contribution in [0.4, 0.5) is 10.5 Å². The van der Waals surface area contributed by atoms with Crippen LogP contribution in [0.15, 0.2) is 48.7 Å². The summed E-state index contributed by atoms with van der Waals surface area (Å²) in [5.74, 6) is 0.455. The Morgan fingerprint density at radius 1 is 1.30 bits per heavy atom. The number of hydrogen-bond donors (Lipinski definition) is 2. The fraction of sp³-hybridized carbons (Fsp3) is 0.350. The molecule has 142 valence electrons. The molecule has 27 heavy (non-hydrogen) atoms. The minimum atomic E-state index is -0.486. The predicted octanol–water partition coefficient (Wildman–Crippen LogP) is 2.65. The van der Waals surface area contributed by atoms with Crippen molar-refractivity contribution in [3.8, 4) is 5.75 Å². The number of ether oxygens (including phenoxy) is 1. The number of benzene rings is 1. The van der Waals surface area contributed by atoms with E-state index in [0.29, 0.717) is 31.1 Å². The van der Waals surface area contributed by atoms with Crippen molar-refractivity contribution >= 4 is 17.6 Å². The molecule has 1 aliphatic rings. The molecule has 2 N–H and O–H groups in total. The smallest absolute Gasteiger partial charge is 0.322 e. The first-order chi connectivity index (χ1) is 13.1. The zero-order valence-corrected chi connectivity index (χ0v) is 15.5. The summed E-state index contributed by atoms with van der Waals surface area (Å²) in [5, 5.41) is 5.70. The molecule has 0 radical (unpaired) electrons. The van der Waals surface area contributed by atoms with Gasteiger partial charge in [-0.2, -0.15) is 0 Å². The maximum Gasteiger partial charge on any atom is 0.322 e. The lowest BCUT2D eigenvalue weighted by Crippen LogP contribution is -2.60. The van der Waals surface area contributed by atoms with Gasteiger partial charge in [0, 0.05) is 19.3 Å². The third kappa shape index (κ3) is 4.55. The molecule has 1 aromatic carbocycles. The number of piperazine rings is 1. The van der Waals surface area contributed by atoms with Crippen LogP contribution in [0.2, 0.25) is 0 Å². The average molecular weight is 368 g/mol. The standard InChI is InChI=1S/C20H24N4O3/c1-14(2)18-19(25)22-11-12-24(18)20(26)23-16-8-3-4-9-17(16)27-13-15-7-5-6-10-21-15/h3-10,14,18H,11-13H2,1-2H3,(H,22,25)(H,23,26)/t18-/m0/s1. The average Bonchev–Trinajstić information content (AvgIpc) is 2.67. The van der Waals surface area contributed by atoms with E-state index >= 15 is 0 Å². The van der Waals surface area contributed by atoms with E-state index in [9.17, 15) is 9.59 Å². The van der Waals surface area contributed by atoms with Crippen molar-refractivity contribution in [2.24, 2.45) is 5.92 Å². The van der Waals surface area contributed by atoms with Gasteiger partial charge in [0.25, 0.3) is 0 Å². The lowest BCUT2D eigenvalue weighted by atomic mass is 10.00. The van der Waals surface area contributed by atoms with Gasteiger partial charge in [0.15, 0.2) is 0 Å². The molecular weight excluding hydrogens is 344 g/mol. The van der Waals surface area contributed by atoms with Crippen molar-refractivity contribution in [3.05, 3.63) is 54.4 Å². The van der Waals surface area contributed by atoms with Gasteiger partial charge in [-0.3, -0.25) is 9.78 Å². The van der Waals surface area contributed by atoms with Gasteiger partial charge in [-0.1, -0.05) is 32.0 Å². The van der Waals surface area contributed by atoms with Gasteiger partial charge in [-0.25, -0.2) is 4.79 Å². The molecule has 2 heterocycles. The molecule has 2 aromatic rings. The Morgan fingerprint density at radius 2 is 2.07 bits per heavy atom. The van der Waals surface area contributed by atoms with E-state index in [1.807, 2.05) is 44.2 Å². The maximum absolute atomic E-state index is 12.8. The Morgan fingerprint density at radius 3 is 2.81 bits per heavy atom. The Balaban J connectivity index is 1.71. The van der Waals surface area contributed by atoms with Crippen molar-refractivity contribution in [2.45, 2.75) is 26.5 Å². The minimum Gasteiger partial charge on any atom is -0.485 e. The minimum absolute atomic E-state index is 0.0201. The molecule has 0 bridgehead atoms. The number of nitrogens with zero attached hydrogens (tertiary/aromatic N) is 2. The molecule has 1 fully saturated rings. The summed E-state index contributed by atoms with van der Waals surface area (Å²) in [4.78, 5) is 30.8. The SMILES string of the molecule is CC(C)[C@H]1C(=O)NCCN1C(=O)Nc1ccccc1OCc1ccccn1. The molecule has 7 nitrogen and oxygen atoms in total. The second kappa shape index (κ2) is 8.53. The quantitative estimate of drug-likeness (QED) is 0.850. The van der Waals surface area contributed by atoms with Crippen LogP contribution in [0.5, 0.6) is 5.75 Å². The summed E-state index contributed by atoms with van der Waals surface area (Å²) in [7, 11) is 0. The van der Waals surface area contributed by atoms with E-state index in [2.05, 4.69) is 15.6 Å². The Bertz CT molecular complexity index is 795. The van der Waals surface area contributed by atoms with Crippen molar-refractivity contribution in [1.82, 2.24) is 15.2 Å². The number of aromatic nitrogens is 1. The van der Waals surface area contributed by atoms with E-state index in [1.165, 1.54) is 0 Å². The fourth-order valence-corrected chi connectivity index (χ4v) is 3.09. The molecule has 0 spiro atoms. The van der Waals surface area contributed by atoms with Crippen molar-refractivity contribution in [2.75, 3.05) is 18.4 Å². The molecule has 1 aliphatic heterocycles. The molecule has 3 rings (SSSR count). The molecule has 0 aliphatic carbocycles. The van der Waals surface area contributed by atoms with Crippen LogP contribution in [0.3, 0.4) is 0 Å². The number of urea groups is 1. The highest BCUT2D eigenvalue weighted by molar-refractivity contribution is 5.95. The maximum atomic E-state index is 12.8. The number of carbonyl (C=O) groups excluding carboxylic acids is 2. The Labute approximate surface area is 158 Å². The first-order valence-corrected chi connectivity index (χ1v) is 9.03. The largest absolute Gasteiger partial charge is 0.485 e. The summed E-state index contributed by atoms with van der Waals surface area (Å²) >= 11 is 0. The van der Waals surface area contributed by atoms with Crippen molar-refractivity contribution in [3.63, 3.8) is 0 Å². The van der Waals surface area contributed by atoms with Gasteiger partial charge in [-0.15, -0.1) is 0 Å². The third-order valence-electron chi connectivity index (χ3n) is 4.38. The van der Waals surface area contributed by atoms with Gasteiger partial charge in [0.2, 0.25) is 5.91 Å². The second-order valence-corrected chi connectivity index (χ2v) is 6.71. The molecule has 1 saturated heterocycles. The van der Waals surface area contributed by atoms with Crippen LogP contribution in [-0.4, -0.2) is 41.0 Å². The zero-order valence-electron chi connectivity index (χ0n) is 15.5. The number of anilines is 1. The summed E-state index contributed by atoms with van der Waals surface area (Å²) in [6, 6.07) is 12.1. The van der Waals surface area contributed by atoms with Crippen molar-refractivity contribution < 1.29 is 14.3 Å². The summed E-state index contributed by atoms with van der Waals surface area (Å²) in [6.07, 6.45) is 1.71. The van der Waals surface area contributed by atoms with Crippen LogP contribution < -0.4 is 15.4 Å². The number of para-hydroxylation sites is 2. The van der Waals surface area contributed by atoms with Crippen LogP contribution in [0, 0.1) is 5.92 Å². The Hall–Kier alpha value is -3.09. The van der Waals surface area contributed by atoms with E-state index < -0.39 is 6.04 Å². The fourth-order valence-electron chi connectivity index (χ4n) is 3.09. The molecule has 1 aromatic heterocycles. The highest BCUT2D eigenvalue weighted by atomic mass is 16.5. The second-order valence-electron chi connectivity index (χ2n) is 6.71. The van der Waals surface area contributed by atoms with Crippen LogP contribution in [0.25, 0.3) is 0 Å². The van der Waals surface area contributed by atoms with Gasteiger partial charge in [0.05, 0.1) is 11.4 Å². The number of carbonyl (C=O) groups is 2. The number of rotatable bonds is 5. The van der Waals surface area contributed by atoms with Gasteiger partial charge in [0.1, 0.15) is 18.4 Å². The predicted molar refractivity (Wildman–Crippen MR) is 102 cm³/mol. The summed E-state index contributed by atoms with van der Waals surface area (Å²) < 4.78 is 5.83. The van der Waals surface area contributed by atoms with E-state index in [1.54, 1.807) is 23.2 Å². The molecule has 3 amide bonds. The zero-order chi connectivity index (χ0) is 19.2. The molecular formula is C20H24N4O3. The lowest BCUT2D eigenvalue weighted by Gasteiger charge is -2.37. The molecule has 0 unspecified atom stereocenters. The number of pyridine rings is 1. The highest BCUT2D eigenvalue weighted by Crippen LogP contribution is 2.26. The van der Waals surface area contributed by atoms with E-state index in [4.69, 9.17) is 4.74 Å². The van der Waals surface area contributed by atoms with E-state index in [-0.39, 0.29) is 17.9 Å². The summed E-state index contributed by atoms with van der Waals surface area (Å²) in [6.45, 7) is 5.08. The molecule has 7 heteroatoms. The monoisotopic (exact) mass is 368 g/mol. The van der Waals surface area contributed by atoms with Gasteiger partial charge >= 0.3 is 6.03 Å².